The van der Waals surface area contributed by atoms with Gasteiger partial charge in [-0.25, -0.2) is 4.98 Å². The van der Waals surface area contributed by atoms with Gasteiger partial charge in [-0.1, -0.05) is 0 Å². The Kier molecular flexibility index (Phi) is 4.41. The Hall–Kier alpha value is -2.02. The molecule has 3 atom stereocenters. The molecule has 3 aliphatic rings. The molecule has 6 nitrogen and oxygen atoms in total. The summed E-state index contributed by atoms with van der Waals surface area (Å²) in [6.45, 7) is 2.83. The van der Waals surface area contributed by atoms with Crippen LogP contribution in [0.1, 0.15) is 36.0 Å². The summed E-state index contributed by atoms with van der Waals surface area (Å²) in [5.74, 6) is -0.402. The topological polar surface area (TPSA) is 62.7 Å². The van der Waals surface area contributed by atoms with Crippen molar-refractivity contribution in [1.29, 1.82) is 0 Å². The standard InChI is InChI=1S/C18H22FN3O3/c19-16-8-12(3-4-20-16)18(24)22-10-13-7-14(25-15(13)11-22)9-17(23)21-5-1-2-6-21/h3-4,8,13-15H,1-2,5-7,9-11H2/t13-,14-,15+/m0/s1. The predicted molar refractivity (Wildman–Crippen MR) is 87.3 cm³/mol. The van der Waals surface area contributed by atoms with Gasteiger partial charge < -0.3 is 14.5 Å². The molecule has 7 heteroatoms. The molecule has 25 heavy (non-hydrogen) atoms. The number of carbonyl (C=O) groups excluding carboxylic acids is 2. The Morgan fingerprint density at radius 2 is 2.04 bits per heavy atom. The second-order valence-electron chi connectivity index (χ2n) is 7.16. The minimum absolute atomic E-state index is 0.0213. The first-order valence-corrected chi connectivity index (χ1v) is 8.94. The normalized spacial score (nSPS) is 28.4. The van der Waals surface area contributed by atoms with Gasteiger partial charge in [0.1, 0.15) is 0 Å². The monoisotopic (exact) mass is 347 g/mol. The van der Waals surface area contributed by atoms with Crippen molar-refractivity contribution in [3.05, 3.63) is 29.8 Å². The van der Waals surface area contributed by atoms with Gasteiger partial charge in [-0.2, -0.15) is 4.39 Å². The van der Waals surface area contributed by atoms with Crippen molar-refractivity contribution < 1.29 is 18.7 Å². The Bertz CT molecular complexity index is 663. The van der Waals surface area contributed by atoms with Gasteiger partial charge in [0.25, 0.3) is 5.91 Å². The molecule has 3 aliphatic heterocycles. The molecule has 0 N–H and O–H groups in total. The number of rotatable bonds is 3. The lowest BCUT2D eigenvalue weighted by atomic mass is 10.0. The van der Waals surface area contributed by atoms with Crippen LogP contribution in [0.15, 0.2) is 18.3 Å². The van der Waals surface area contributed by atoms with Crippen LogP contribution in [0.2, 0.25) is 0 Å². The first-order valence-electron chi connectivity index (χ1n) is 8.94. The van der Waals surface area contributed by atoms with E-state index in [-0.39, 0.29) is 29.9 Å². The second-order valence-corrected chi connectivity index (χ2v) is 7.16. The number of hydrogen-bond acceptors (Lipinski definition) is 4. The van der Waals surface area contributed by atoms with E-state index in [1.54, 1.807) is 4.90 Å². The highest BCUT2D eigenvalue weighted by molar-refractivity contribution is 5.94. The maximum Gasteiger partial charge on any atom is 0.254 e. The van der Waals surface area contributed by atoms with E-state index in [2.05, 4.69) is 4.98 Å². The fourth-order valence-electron chi connectivity index (χ4n) is 4.17. The highest BCUT2D eigenvalue weighted by Gasteiger charge is 2.44. The molecule has 3 saturated heterocycles. The molecular weight excluding hydrogens is 325 g/mol. The SMILES string of the molecule is O=C(C[C@@H]1C[C@H]2CN(C(=O)c3ccnc(F)c3)C[C@H]2O1)N1CCCC1. The zero-order chi connectivity index (χ0) is 17.4. The number of halogens is 1. The Morgan fingerprint density at radius 1 is 1.24 bits per heavy atom. The summed E-state index contributed by atoms with van der Waals surface area (Å²) in [6, 6.07) is 2.69. The Labute approximate surface area is 145 Å². The lowest BCUT2D eigenvalue weighted by Gasteiger charge is -2.21. The zero-order valence-corrected chi connectivity index (χ0v) is 14.1. The number of carbonyl (C=O) groups is 2. The lowest BCUT2D eigenvalue weighted by molar-refractivity contribution is -0.132. The zero-order valence-electron chi connectivity index (χ0n) is 14.1. The van der Waals surface area contributed by atoms with E-state index in [0.717, 1.165) is 38.4 Å². The first kappa shape index (κ1) is 16.4. The minimum atomic E-state index is -0.651. The van der Waals surface area contributed by atoms with E-state index in [1.807, 2.05) is 4.90 Å². The van der Waals surface area contributed by atoms with Crippen LogP contribution < -0.4 is 0 Å². The summed E-state index contributed by atoms with van der Waals surface area (Å²) in [5, 5.41) is 0. The highest BCUT2D eigenvalue weighted by atomic mass is 19.1. The maximum atomic E-state index is 13.2. The van der Waals surface area contributed by atoms with E-state index in [9.17, 15) is 14.0 Å². The molecule has 0 radical (unpaired) electrons. The van der Waals surface area contributed by atoms with Crippen LogP contribution in [0.3, 0.4) is 0 Å². The minimum Gasteiger partial charge on any atom is -0.372 e. The summed E-state index contributed by atoms with van der Waals surface area (Å²) >= 11 is 0. The van der Waals surface area contributed by atoms with E-state index >= 15 is 0 Å². The molecule has 0 aromatic carbocycles. The first-order chi connectivity index (χ1) is 12.1. The van der Waals surface area contributed by atoms with Gasteiger partial charge in [-0.3, -0.25) is 9.59 Å². The number of hydrogen-bond donors (Lipinski definition) is 0. The largest absolute Gasteiger partial charge is 0.372 e. The van der Waals surface area contributed by atoms with Crippen LogP contribution >= 0.6 is 0 Å². The quantitative estimate of drug-likeness (QED) is 0.777. The number of ether oxygens (including phenoxy) is 1. The number of aromatic nitrogens is 1. The molecule has 0 bridgehead atoms. The van der Waals surface area contributed by atoms with Gasteiger partial charge in [-0.05, 0) is 25.3 Å². The van der Waals surface area contributed by atoms with Gasteiger partial charge in [0.2, 0.25) is 11.9 Å². The van der Waals surface area contributed by atoms with Crippen molar-refractivity contribution in [1.82, 2.24) is 14.8 Å². The molecule has 134 valence electrons. The lowest BCUT2D eigenvalue weighted by Crippen LogP contribution is -2.33. The number of likely N-dealkylation sites (tertiary alicyclic amines) is 2. The average Bonchev–Trinajstić information content (AvgIpc) is 3.30. The fraction of sp³-hybridized carbons (Fsp3) is 0.611. The van der Waals surface area contributed by atoms with Gasteiger partial charge in [0.05, 0.1) is 18.6 Å². The van der Waals surface area contributed by atoms with Gasteiger partial charge in [-0.15, -0.1) is 0 Å². The van der Waals surface area contributed by atoms with E-state index < -0.39 is 5.95 Å². The van der Waals surface area contributed by atoms with Crippen molar-refractivity contribution in [2.24, 2.45) is 5.92 Å². The summed E-state index contributed by atoms with van der Waals surface area (Å²) in [5.41, 5.74) is 0.313. The summed E-state index contributed by atoms with van der Waals surface area (Å²) in [6.07, 6.45) is 4.67. The third kappa shape index (κ3) is 3.38. The predicted octanol–water partition coefficient (Wildman–Crippen LogP) is 1.46. The van der Waals surface area contributed by atoms with Crippen molar-refractivity contribution in [2.75, 3.05) is 26.2 Å². The van der Waals surface area contributed by atoms with Crippen molar-refractivity contribution in [3.63, 3.8) is 0 Å². The molecule has 0 aliphatic carbocycles. The van der Waals surface area contributed by atoms with Gasteiger partial charge in [0.15, 0.2) is 0 Å². The molecule has 2 amide bonds. The van der Waals surface area contributed by atoms with Crippen molar-refractivity contribution in [3.8, 4) is 0 Å². The Morgan fingerprint density at radius 3 is 2.76 bits per heavy atom. The van der Waals surface area contributed by atoms with Crippen LogP contribution in [0.25, 0.3) is 0 Å². The van der Waals surface area contributed by atoms with Crippen LogP contribution in [0.5, 0.6) is 0 Å². The number of nitrogens with zero attached hydrogens (tertiary/aromatic N) is 3. The highest BCUT2D eigenvalue weighted by Crippen LogP contribution is 2.35. The molecule has 1 aromatic heterocycles. The van der Waals surface area contributed by atoms with Crippen molar-refractivity contribution in [2.45, 2.75) is 37.9 Å². The number of amides is 2. The summed E-state index contributed by atoms with van der Waals surface area (Å²) < 4.78 is 19.2. The average molecular weight is 347 g/mol. The number of pyridine rings is 1. The summed E-state index contributed by atoms with van der Waals surface area (Å²) in [4.78, 5) is 31.8. The third-order valence-corrected chi connectivity index (χ3v) is 5.44. The number of fused-ring (bicyclic) bond motifs is 1. The van der Waals surface area contributed by atoms with Crippen LogP contribution in [-0.4, -0.2) is 65.0 Å². The van der Waals surface area contributed by atoms with Gasteiger partial charge >= 0.3 is 0 Å². The molecule has 0 unspecified atom stereocenters. The molecule has 4 heterocycles. The fourth-order valence-corrected chi connectivity index (χ4v) is 4.17. The van der Waals surface area contributed by atoms with E-state index in [1.165, 1.54) is 12.3 Å². The smallest absolute Gasteiger partial charge is 0.254 e. The second kappa shape index (κ2) is 6.71. The molecule has 1 aromatic rings. The third-order valence-electron chi connectivity index (χ3n) is 5.44. The molecule has 4 rings (SSSR count). The molecule has 3 fully saturated rings. The van der Waals surface area contributed by atoms with Crippen LogP contribution in [-0.2, 0) is 9.53 Å². The van der Waals surface area contributed by atoms with Crippen molar-refractivity contribution >= 4 is 11.8 Å². The van der Waals surface area contributed by atoms with Gasteiger partial charge in [0, 0.05) is 49.9 Å². The molecule has 0 spiro atoms. The van der Waals surface area contributed by atoms with E-state index in [0.29, 0.717) is 25.1 Å². The maximum absolute atomic E-state index is 13.2. The molecular formula is C18H22FN3O3. The molecule has 0 saturated carbocycles. The Balaban J connectivity index is 1.31. The van der Waals surface area contributed by atoms with Crippen LogP contribution in [0, 0.1) is 11.9 Å². The summed E-state index contributed by atoms with van der Waals surface area (Å²) in [7, 11) is 0. The van der Waals surface area contributed by atoms with Crippen LogP contribution in [0.4, 0.5) is 4.39 Å². The van der Waals surface area contributed by atoms with E-state index in [4.69, 9.17) is 4.74 Å².